The Morgan fingerprint density at radius 1 is 1.10 bits per heavy atom. The Morgan fingerprint density at radius 3 is 2.67 bits per heavy atom. The maximum absolute atomic E-state index is 3.91. The van der Waals surface area contributed by atoms with Gasteiger partial charge in [0.1, 0.15) is 0 Å². The molecule has 2 aromatic rings. The highest BCUT2D eigenvalue weighted by molar-refractivity contribution is 7.98. The van der Waals surface area contributed by atoms with E-state index in [2.05, 4.69) is 66.8 Å². The van der Waals surface area contributed by atoms with Crippen molar-refractivity contribution >= 4 is 11.8 Å². The van der Waals surface area contributed by atoms with Crippen LogP contribution >= 0.6 is 11.8 Å². The average molecular weight is 297 g/mol. The van der Waals surface area contributed by atoms with Gasteiger partial charge in [0, 0.05) is 23.6 Å². The Labute approximate surface area is 132 Å². The molecule has 0 spiro atoms. The van der Waals surface area contributed by atoms with E-state index in [1.54, 1.807) is 0 Å². The third-order valence-corrected chi connectivity index (χ3v) is 5.24. The van der Waals surface area contributed by atoms with Crippen molar-refractivity contribution in [1.29, 1.82) is 0 Å². The molecule has 110 valence electrons. The van der Waals surface area contributed by atoms with Crippen molar-refractivity contribution in [3.05, 3.63) is 71.3 Å². The van der Waals surface area contributed by atoms with E-state index >= 15 is 0 Å². The summed E-state index contributed by atoms with van der Waals surface area (Å²) in [7, 11) is 0. The lowest BCUT2D eigenvalue weighted by atomic mass is 9.97. The van der Waals surface area contributed by atoms with Gasteiger partial charge >= 0.3 is 0 Å². The Morgan fingerprint density at radius 2 is 1.86 bits per heavy atom. The van der Waals surface area contributed by atoms with Crippen LogP contribution < -0.4 is 5.32 Å². The first-order chi connectivity index (χ1) is 10.4. The third kappa shape index (κ3) is 3.50. The molecule has 1 N–H and O–H groups in total. The van der Waals surface area contributed by atoms with Crippen LogP contribution in [0.1, 0.15) is 48.5 Å². The van der Waals surface area contributed by atoms with Crippen LogP contribution in [0.4, 0.5) is 0 Å². The Balaban J connectivity index is 1.81. The summed E-state index contributed by atoms with van der Waals surface area (Å²) in [6.45, 7) is 2.27. The maximum Gasteiger partial charge on any atom is 0.0419 e. The summed E-state index contributed by atoms with van der Waals surface area (Å²) in [5.41, 5.74) is 4.40. The smallest absolute Gasteiger partial charge is 0.0419 e. The molecule has 0 amide bonds. The second-order valence-corrected chi connectivity index (χ2v) is 6.72. The molecule has 0 saturated carbocycles. The number of rotatable bonds is 5. The normalized spacial score (nSPS) is 19.0. The first kappa shape index (κ1) is 14.7. The molecule has 3 rings (SSSR count). The summed E-state index contributed by atoms with van der Waals surface area (Å²) in [6, 6.07) is 20.7. The van der Waals surface area contributed by atoms with Crippen LogP contribution in [-0.4, -0.2) is 5.75 Å². The molecule has 2 heteroatoms. The van der Waals surface area contributed by atoms with Gasteiger partial charge in [0.15, 0.2) is 0 Å². The lowest BCUT2D eigenvalue weighted by molar-refractivity contribution is 0.440. The number of hydrogen-bond acceptors (Lipinski definition) is 2. The van der Waals surface area contributed by atoms with Gasteiger partial charge in [-0.15, -0.1) is 0 Å². The summed E-state index contributed by atoms with van der Waals surface area (Å²) >= 11 is 2.04. The molecule has 1 aliphatic heterocycles. The minimum Gasteiger partial charge on any atom is -0.302 e. The van der Waals surface area contributed by atoms with E-state index < -0.39 is 0 Å². The summed E-state index contributed by atoms with van der Waals surface area (Å²) in [6.07, 6.45) is 2.39. The molecule has 1 heterocycles. The quantitative estimate of drug-likeness (QED) is 0.823. The van der Waals surface area contributed by atoms with Crippen LogP contribution in [0.25, 0.3) is 0 Å². The van der Waals surface area contributed by atoms with Gasteiger partial charge in [-0.2, -0.15) is 11.8 Å². The highest BCUT2D eigenvalue weighted by atomic mass is 32.2. The summed E-state index contributed by atoms with van der Waals surface area (Å²) < 4.78 is 0. The van der Waals surface area contributed by atoms with Crippen LogP contribution in [0.5, 0.6) is 0 Å². The monoisotopic (exact) mass is 297 g/mol. The van der Waals surface area contributed by atoms with Gasteiger partial charge in [0.25, 0.3) is 0 Å². The molecule has 0 aromatic heterocycles. The largest absolute Gasteiger partial charge is 0.302 e. The molecule has 0 bridgehead atoms. The van der Waals surface area contributed by atoms with Crippen molar-refractivity contribution in [3.8, 4) is 0 Å². The van der Waals surface area contributed by atoms with Gasteiger partial charge < -0.3 is 5.32 Å². The molecule has 2 aromatic carbocycles. The standard InChI is InChI=1S/C19H23NS/c1-2-8-18(15-9-4-3-5-10-15)20-19-14-21-13-16-11-6-7-12-17(16)19/h3-7,9-12,18-20H,2,8,13-14H2,1H3. The molecule has 0 fully saturated rings. The van der Waals surface area contributed by atoms with Crippen LogP contribution in [0.15, 0.2) is 54.6 Å². The molecular formula is C19H23NS. The fraction of sp³-hybridized carbons (Fsp3) is 0.368. The van der Waals surface area contributed by atoms with Gasteiger partial charge in [-0.25, -0.2) is 0 Å². The van der Waals surface area contributed by atoms with Crippen LogP contribution in [-0.2, 0) is 5.75 Å². The molecular weight excluding hydrogens is 274 g/mol. The fourth-order valence-corrected chi connectivity index (χ4v) is 4.20. The van der Waals surface area contributed by atoms with Crippen molar-refractivity contribution in [2.45, 2.75) is 37.6 Å². The average Bonchev–Trinajstić information content (AvgIpc) is 2.55. The topological polar surface area (TPSA) is 12.0 Å². The molecule has 21 heavy (non-hydrogen) atoms. The zero-order valence-corrected chi connectivity index (χ0v) is 13.4. The van der Waals surface area contributed by atoms with Crippen molar-refractivity contribution in [2.24, 2.45) is 0 Å². The van der Waals surface area contributed by atoms with Crippen molar-refractivity contribution in [3.63, 3.8) is 0 Å². The van der Waals surface area contributed by atoms with Crippen LogP contribution in [0, 0.1) is 0 Å². The fourth-order valence-electron chi connectivity index (χ4n) is 3.08. The number of fused-ring (bicyclic) bond motifs is 1. The third-order valence-electron chi connectivity index (χ3n) is 4.15. The summed E-state index contributed by atoms with van der Waals surface area (Å²) in [4.78, 5) is 0. The zero-order valence-electron chi connectivity index (χ0n) is 12.6. The summed E-state index contributed by atoms with van der Waals surface area (Å²) in [5, 5.41) is 3.91. The first-order valence-electron chi connectivity index (χ1n) is 7.85. The highest BCUT2D eigenvalue weighted by Crippen LogP contribution is 2.33. The first-order valence-corrected chi connectivity index (χ1v) is 9.00. The highest BCUT2D eigenvalue weighted by Gasteiger charge is 2.23. The minimum atomic E-state index is 0.452. The lowest BCUT2D eigenvalue weighted by Crippen LogP contribution is -2.30. The molecule has 1 nitrogen and oxygen atoms in total. The second kappa shape index (κ2) is 7.15. The molecule has 2 atom stereocenters. The van der Waals surface area contributed by atoms with Gasteiger partial charge in [0.05, 0.1) is 0 Å². The Hall–Kier alpha value is -1.25. The van der Waals surface area contributed by atoms with Crippen molar-refractivity contribution in [1.82, 2.24) is 5.32 Å². The van der Waals surface area contributed by atoms with Gasteiger partial charge in [-0.1, -0.05) is 67.9 Å². The van der Waals surface area contributed by atoms with E-state index in [9.17, 15) is 0 Å². The predicted molar refractivity (Wildman–Crippen MR) is 92.6 cm³/mol. The van der Waals surface area contributed by atoms with E-state index in [4.69, 9.17) is 0 Å². The number of benzene rings is 2. The van der Waals surface area contributed by atoms with Crippen molar-refractivity contribution < 1.29 is 0 Å². The van der Waals surface area contributed by atoms with E-state index in [1.807, 2.05) is 11.8 Å². The second-order valence-electron chi connectivity index (χ2n) is 5.69. The van der Waals surface area contributed by atoms with Gasteiger partial charge in [-0.05, 0) is 23.1 Å². The minimum absolute atomic E-state index is 0.452. The molecule has 0 aliphatic carbocycles. The molecule has 0 radical (unpaired) electrons. The molecule has 1 aliphatic rings. The van der Waals surface area contributed by atoms with E-state index in [1.165, 1.54) is 35.3 Å². The maximum atomic E-state index is 3.91. The zero-order chi connectivity index (χ0) is 14.5. The Kier molecular flexibility index (Phi) is 5.00. The SMILES string of the molecule is CCCC(NC1CSCc2ccccc21)c1ccccc1. The van der Waals surface area contributed by atoms with Crippen LogP contribution in [0.3, 0.4) is 0 Å². The Bertz CT molecular complexity index is 567. The van der Waals surface area contributed by atoms with E-state index in [0.717, 1.165) is 5.75 Å². The number of nitrogens with one attached hydrogen (secondary N) is 1. The van der Waals surface area contributed by atoms with Crippen molar-refractivity contribution in [2.75, 3.05) is 5.75 Å². The number of thioether (sulfide) groups is 1. The predicted octanol–water partition coefficient (Wildman–Crippen LogP) is 5.11. The van der Waals surface area contributed by atoms with Gasteiger partial charge in [0.2, 0.25) is 0 Å². The lowest BCUT2D eigenvalue weighted by Gasteiger charge is -2.30. The number of hydrogen-bond donors (Lipinski definition) is 1. The summed E-state index contributed by atoms with van der Waals surface area (Å²) in [5.74, 6) is 2.32. The molecule has 2 unspecified atom stereocenters. The molecule has 0 saturated heterocycles. The van der Waals surface area contributed by atoms with E-state index in [-0.39, 0.29) is 0 Å². The van der Waals surface area contributed by atoms with Gasteiger partial charge in [-0.3, -0.25) is 0 Å². The van der Waals surface area contributed by atoms with Crippen LogP contribution in [0.2, 0.25) is 0 Å². The van der Waals surface area contributed by atoms with E-state index in [0.29, 0.717) is 12.1 Å².